The molecule has 4 aliphatic heterocycles. The summed E-state index contributed by atoms with van der Waals surface area (Å²) in [6.45, 7) is 1.65. The fraction of sp³-hybridized carbons (Fsp3) is 0.283. The minimum atomic E-state index is -0.987. The first-order valence-corrected chi connectivity index (χ1v) is 19.7. The summed E-state index contributed by atoms with van der Waals surface area (Å²) in [6, 6.07) is 21.5. The van der Waals surface area contributed by atoms with Crippen LogP contribution in [0.2, 0.25) is 0 Å². The van der Waals surface area contributed by atoms with Gasteiger partial charge in [0.05, 0.1) is 67.6 Å². The van der Waals surface area contributed by atoms with Gasteiger partial charge in [0.15, 0.2) is 23.0 Å². The zero-order valence-corrected chi connectivity index (χ0v) is 33.1. The van der Waals surface area contributed by atoms with Gasteiger partial charge in [-0.1, -0.05) is 36.4 Å². The van der Waals surface area contributed by atoms with Crippen molar-refractivity contribution in [1.82, 2.24) is 15.1 Å². The Kier molecular flexibility index (Phi) is 11.3. The number of ether oxygens (including phenoxy) is 4. The molecule has 4 heterocycles. The van der Waals surface area contributed by atoms with Crippen LogP contribution in [0.3, 0.4) is 0 Å². The molecule has 0 fully saturated rings. The van der Waals surface area contributed by atoms with Crippen LogP contribution in [0.4, 0.5) is 11.4 Å². The van der Waals surface area contributed by atoms with Gasteiger partial charge in [-0.2, -0.15) is 0 Å². The van der Waals surface area contributed by atoms with E-state index in [1.54, 1.807) is 71.7 Å². The first-order valence-electron chi connectivity index (χ1n) is 19.7. The van der Waals surface area contributed by atoms with Gasteiger partial charge in [-0.15, -0.1) is 0 Å². The quantitative estimate of drug-likeness (QED) is 0.115. The molecule has 8 rings (SSSR count). The number of carbonyl (C=O) groups excluding carboxylic acids is 2. The van der Waals surface area contributed by atoms with Crippen LogP contribution < -0.4 is 24.3 Å². The maximum absolute atomic E-state index is 13.8. The van der Waals surface area contributed by atoms with Gasteiger partial charge in [0.25, 0.3) is 11.8 Å². The molecule has 0 radical (unpaired) electrons. The highest BCUT2D eigenvalue weighted by Gasteiger charge is 2.35. The maximum Gasteiger partial charge on any atom is 0.335 e. The number of nitrogens with one attached hydrogen (secondary N) is 1. The van der Waals surface area contributed by atoms with Gasteiger partial charge in [-0.3, -0.25) is 19.6 Å². The minimum Gasteiger partial charge on any atom is -0.493 e. The van der Waals surface area contributed by atoms with E-state index < -0.39 is 5.97 Å². The number of hydrogen-bond acceptors (Lipinski definition) is 10. The molecular formula is C46H45N5O8. The van der Waals surface area contributed by atoms with Crippen LogP contribution in [0.1, 0.15) is 79.9 Å². The molecule has 4 aromatic rings. The fourth-order valence-corrected chi connectivity index (χ4v) is 7.76. The molecule has 0 saturated carbocycles. The molecule has 0 saturated heterocycles. The number of nitrogens with zero attached hydrogens (tertiary/aromatic N) is 4. The second-order valence-corrected chi connectivity index (χ2v) is 14.7. The number of carbonyl (C=O) groups is 3. The van der Waals surface area contributed by atoms with Crippen LogP contribution in [-0.4, -0.2) is 91.7 Å². The summed E-state index contributed by atoms with van der Waals surface area (Å²) in [6.07, 6.45) is 10.9. The lowest BCUT2D eigenvalue weighted by molar-refractivity contribution is 0.0695. The number of benzene rings is 4. The summed E-state index contributed by atoms with van der Waals surface area (Å²) in [4.78, 5) is 51.6. The summed E-state index contributed by atoms with van der Waals surface area (Å²) in [7, 11) is 5.02. The van der Waals surface area contributed by atoms with Gasteiger partial charge in [0.1, 0.15) is 0 Å². The number of carboxylic acid groups (broad SMARTS) is 1. The lowest BCUT2D eigenvalue weighted by Gasteiger charge is -2.19. The second kappa shape index (κ2) is 17.0. The number of unbranched alkanes of at least 4 members (excludes halogenated alkanes) is 2. The van der Waals surface area contributed by atoms with E-state index in [0.717, 1.165) is 48.1 Å². The van der Waals surface area contributed by atoms with E-state index >= 15 is 0 Å². The number of aliphatic imine (C=N–C) groups is 2. The molecule has 302 valence electrons. The van der Waals surface area contributed by atoms with Crippen LogP contribution in [0.5, 0.6) is 23.0 Å². The van der Waals surface area contributed by atoms with Crippen molar-refractivity contribution in [3.63, 3.8) is 0 Å². The standard InChI is InChI=1S/C46H45N5O8/c1-47-23-28-7-9-29(10-8-28)32-17-34-24-48-38-21-42(40(56-2)19-36(38)44(52)50(34)26-32)58-15-5-4-6-16-59-43-22-39-37(20-41(43)57-3)45(53)51-27-33(18-35(51)25-49-39)30-11-13-31(14-12-30)46(54)55/h7-14,19-22,24-27,34-35,47H,4-6,15-18,23H2,1-3H3,(H,54,55). The van der Waals surface area contributed by atoms with E-state index in [1.165, 1.54) is 12.7 Å². The van der Waals surface area contributed by atoms with Gasteiger partial charge in [-0.05, 0) is 78.4 Å². The smallest absolute Gasteiger partial charge is 0.335 e. The van der Waals surface area contributed by atoms with Crippen molar-refractivity contribution in [2.45, 2.75) is 50.7 Å². The molecule has 0 spiro atoms. The molecule has 4 aromatic carbocycles. The second-order valence-electron chi connectivity index (χ2n) is 14.7. The van der Waals surface area contributed by atoms with Gasteiger partial charge < -0.3 is 39.2 Å². The molecule has 2 amide bonds. The Balaban J connectivity index is 0.843. The summed E-state index contributed by atoms with van der Waals surface area (Å²) in [5, 5.41) is 12.4. The molecule has 2 atom stereocenters. The number of carboxylic acids is 1. The largest absolute Gasteiger partial charge is 0.493 e. The highest BCUT2D eigenvalue weighted by atomic mass is 16.5. The highest BCUT2D eigenvalue weighted by molar-refractivity contribution is 6.06. The van der Waals surface area contributed by atoms with Gasteiger partial charge >= 0.3 is 5.97 Å². The van der Waals surface area contributed by atoms with Gasteiger partial charge in [-0.25, -0.2) is 4.79 Å². The van der Waals surface area contributed by atoms with Crippen molar-refractivity contribution in [2.24, 2.45) is 9.98 Å². The SMILES string of the molecule is CNCc1ccc(C2=CN3C(=O)c4cc(OC)c(OCCCCCOc5cc6c(cc5OC)C(=O)N5C=C(c7ccc(C(=O)O)cc7)CC5C=N6)cc4N=CC3C2)cc1. The molecule has 59 heavy (non-hydrogen) atoms. The number of methoxy groups -OCH3 is 2. The minimum absolute atomic E-state index is 0.131. The predicted molar refractivity (Wildman–Crippen MR) is 225 cm³/mol. The van der Waals surface area contributed by atoms with Gasteiger partial charge in [0, 0.05) is 56.3 Å². The number of fused-ring (bicyclic) bond motifs is 4. The summed E-state index contributed by atoms with van der Waals surface area (Å²) >= 11 is 0. The fourth-order valence-electron chi connectivity index (χ4n) is 7.76. The van der Waals surface area contributed by atoms with Crippen molar-refractivity contribution in [3.8, 4) is 23.0 Å². The number of aromatic carboxylic acids is 1. The van der Waals surface area contributed by atoms with Crippen LogP contribution in [0, 0.1) is 0 Å². The molecule has 4 aliphatic rings. The van der Waals surface area contributed by atoms with Crippen molar-refractivity contribution >= 4 is 52.7 Å². The third kappa shape index (κ3) is 8.06. The van der Waals surface area contributed by atoms with Crippen LogP contribution in [-0.2, 0) is 6.54 Å². The molecule has 2 N–H and O–H groups in total. The molecule has 0 aromatic heterocycles. The van der Waals surface area contributed by atoms with Gasteiger partial charge in [0.2, 0.25) is 0 Å². The Morgan fingerprint density at radius 2 is 1.17 bits per heavy atom. The molecule has 0 bridgehead atoms. The Labute approximate surface area is 342 Å². The molecule has 2 unspecified atom stereocenters. The van der Waals surface area contributed by atoms with Crippen molar-refractivity contribution in [3.05, 3.63) is 119 Å². The highest BCUT2D eigenvalue weighted by Crippen LogP contribution is 2.42. The lowest BCUT2D eigenvalue weighted by atomic mass is 10.0. The molecule has 0 aliphatic carbocycles. The summed E-state index contributed by atoms with van der Waals surface area (Å²) in [5.74, 6) is 0.609. The average Bonchev–Trinajstić information content (AvgIpc) is 3.83. The normalized spacial score (nSPS) is 17.6. The predicted octanol–water partition coefficient (Wildman–Crippen LogP) is 7.69. The first-order chi connectivity index (χ1) is 28.7. The Morgan fingerprint density at radius 3 is 1.61 bits per heavy atom. The monoisotopic (exact) mass is 795 g/mol. The van der Waals surface area contributed by atoms with Crippen LogP contribution in [0.15, 0.2) is 95.2 Å². The van der Waals surface area contributed by atoms with Crippen molar-refractivity contribution < 1.29 is 38.4 Å². The first kappa shape index (κ1) is 39.1. The topological polar surface area (TPSA) is 152 Å². The third-order valence-corrected chi connectivity index (χ3v) is 10.9. The zero-order chi connectivity index (χ0) is 41.0. The Hall–Kier alpha value is -6.73. The van der Waals surface area contributed by atoms with E-state index in [1.807, 2.05) is 25.7 Å². The lowest BCUT2D eigenvalue weighted by Crippen LogP contribution is -2.32. The van der Waals surface area contributed by atoms with E-state index in [-0.39, 0.29) is 29.5 Å². The van der Waals surface area contributed by atoms with E-state index in [0.29, 0.717) is 71.6 Å². The summed E-state index contributed by atoms with van der Waals surface area (Å²) in [5.41, 5.74) is 7.28. The molecular weight excluding hydrogens is 751 g/mol. The third-order valence-electron chi connectivity index (χ3n) is 10.9. The maximum atomic E-state index is 13.8. The van der Waals surface area contributed by atoms with E-state index in [9.17, 15) is 19.5 Å². The Bertz CT molecular complexity index is 2400. The average molecular weight is 796 g/mol. The zero-order valence-electron chi connectivity index (χ0n) is 33.1. The number of hydrogen-bond donors (Lipinski definition) is 2. The summed E-state index contributed by atoms with van der Waals surface area (Å²) < 4.78 is 23.6. The van der Waals surface area contributed by atoms with E-state index in [2.05, 4.69) is 34.6 Å². The number of rotatable bonds is 15. The molecule has 13 nitrogen and oxygen atoms in total. The van der Waals surface area contributed by atoms with E-state index in [4.69, 9.17) is 23.9 Å². The number of amides is 2. The molecule has 13 heteroatoms. The van der Waals surface area contributed by atoms with Crippen LogP contribution >= 0.6 is 0 Å². The Morgan fingerprint density at radius 1 is 0.695 bits per heavy atom. The van der Waals surface area contributed by atoms with Crippen LogP contribution in [0.25, 0.3) is 11.1 Å². The van der Waals surface area contributed by atoms with Crippen molar-refractivity contribution in [1.29, 1.82) is 0 Å². The van der Waals surface area contributed by atoms with Crippen molar-refractivity contribution in [2.75, 3.05) is 34.5 Å².